The van der Waals surface area contributed by atoms with Crippen LogP contribution in [-0.2, 0) is 10.0 Å². The molecule has 0 aliphatic carbocycles. The van der Waals surface area contributed by atoms with Gasteiger partial charge in [0.15, 0.2) is 0 Å². The lowest BCUT2D eigenvalue weighted by Crippen LogP contribution is -2.48. The van der Waals surface area contributed by atoms with Gasteiger partial charge >= 0.3 is 0 Å². The van der Waals surface area contributed by atoms with E-state index in [1.165, 1.54) is 25.5 Å². The Labute approximate surface area is 93.3 Å². The summed E-state index contributed by atoms with van der Waals surface area (Å²) in [5, 5.41) is 0. The maximum absolute atomic E-state index is 11.3. The van der Waals surface area contributed by atoms with E-state index in [1.807, 2.05) is 0 Å². The molecule has 1 fully saturated rings. The molecular formula is C10H22N2O2S. The van der Waals surface area contributed by atoms with E-state index in [0.29, 0.717) is 13.1 Å². The van der Waals surface area contributed by atoms with E-state index in [9.17, 15) is 8.42 Å². The molecule has 0 N–H and O–H groups in total. The van der Waals surface area contributed by atoms with Crippen molar-refractivity contribution in [1.82, 2.24) is 9.21 Å². The van der Waals surface area contributed by atoms with Crippen molar-refractivity contribution in [2.24, 2.45) is 0 Å². The van der Waals surface area contributed by atoms with Crippen molar-refractivity contribution in [3.05, 3.63) is 0 Å². The normalized spacial score (nSPS) is 20.7. The molecule has 1 aliphatic heterocycles. The Balaban J connectivity index is 2.24. The van der Waals surface area contributed by atoms with E-state index in [1.54, 1.807) is 4.31 Å². The molecule has 0 amide bonds. The van der Waals surface area contributed by atoms with Gasteiger partial charge in [-0.05, 0) is 13.0 Å². The van der Waals surface area contributed by atoms with Crippen molar-refractivity contribution in [1.29, 1.82) is 0 Å². The first-order valence-corrected chi connectivity index (χ1v) is 7.56. The second kappa shape index (κ2) is 5.82. The van der Waals surface area contributed by atoms with Gasteiger partial charge < -0.3 is 4.90 Å². The van der Waals surface area contributed by atoms with Crippen LogP contribution in [0.5, 0.6) is 0 Å². The monoisotopic (exact) mass is 234 g/mol. The van der Waals surface area contributed by atoms with Crippen LogP contribution in [0.2, 0.25) is 0 Å². The summed E-state index contributed by atoms with van der Waals surface area (Å²) in [6.07, 6.45) is 5.03. The molecule has 0 aromatic rings. The van der Waals surface area contributed by atoms with Gasteiger partial charge in [-0.25, -0.2) is 8.42 Å². The van der Waals surface area contributed by atoms with Crippen LogP contribution in [0, 0.1) is 0 Å². The number of unbranched alkanes of at least 4 members (excludes halogenated alkanes) is 2. The number of nitrogens with zero attached hydrogens (tertiary/aromatic N) is 2. The van der Waals surface area contributed by atoms with Crippen molar-refractivity contribution in [2.75, 3.05) is 39.0 Å². The number of sulfonamides is 1. The molecule has 0 saturated carbocycles. The van der Waals surface area contributed by atoms with Crippen LogP contribution >= 0.6 is 0 Å². The zero-order chi connectivity index (χ0) is 11.3. The third-order valence-electron chi connectivity index (χ3n) is 2.88. The Morgan fingerprint density at radius 3 is 2.13 bits per heavy atom. The first-order valence-electron chi connectivity index (χ1n) is 5.71. The van der Waals surface area contributed by atoms with Crippen LogP contribution in [0.4, 0.5) is 0 Å². The van der Waals surface area contributed by atoms with Gasteiger partial charge in [0.25, 0.3) is 0 Å². The SMILES string of the molecule is CCCCCN1CCN(S(C)(=O)=O)CC1. The zero-order valence-corrected chi connectivity index (χ0v) is 10.6. The molecule has 0 atom stereocenters. The second-order valence-electron chi connectivity index (χ2n) is 4.21. The lowest BCUT2D eigenvalue weighted by molar-refractivity contribution is 0.186. The quantitative estimate of drug-likeness (QED) is 0.659. The predicted molar refractivity (Wildman–Crippen MR) is 62.4 cm³/mol. The lowest BCUT2D eigenvalue weighted by Gasteiger charge is -2.33. The van der Waals surface area contributed by atoms with E-state index < -0.39 is 10.0 Å². The standard InChI is InChI=1S/C10H22N2O2S/c1-3-4-5-6-11-7-9-12(10-8-11)15(2,13)14/h3-10H2,1-2H3. The first kappa shape index (κ1) is 12.9. The van der Waals surface area contributed by atoms with Gasteiger partial charge in [-0.2, -0.15) is 4.31 Å². The summed E-state index contributed by atoms with van der Waals surface area (Å²) in [6.45, 7) is 6.40. The molecule has 90 valence electrons. The second-order valence-corrected chi connectivity index (χ2v) is 6.19. The summed E-state index contributed by atoms with van der Waals surface area (Å²) in [4.78, 5) is 2.36. The Morgan fingerprint density at radius 1 is 1.07 bits per heavy atom. The molecular weight excluding hydrogens is 212 g/mol. The van der Waals surface area contributed by atoms with E-state index in [4.69, 9.17) is 0 Å². The highest BCUT2D eigenvalue weighted by molar-refractivity contribution is 7.88. The third-order valence-corrected chi connectivity index (χ3v) is 4.18. The van der Waals surface area contributed by atoms with Crippen LogP contribution in [0.15, 0.2) is 0 Å². The predicted octanol–water partition coefficient (Wildman–Crippen LogP) is 0.754. The van der Waals surface area contributed by atoms with Gasteiger partial charge in [-0.1, -0.05) is 19.8 Å². The first-order chi connectivity index (χ1) is 7.04. The minimum Gasteiger partial charge on any atom is -0.301 e. The Bertz CT molecular complexity index is 269. The van der Waals surface area contributed by atoms with Crippen LogP contribution in [0.1, 0.15) is 26.2 Å². The number of piperazine rings is 1. The van der Waals surface area contributed by atoms with Crippen LogP contribution in [0.3, 0.4) is 0 Å². The van der Waals surface area contributed by atoms with Crippen LogP contribution < -0.4 is 0 Å². The fourth-order valence-electron chi connectivity index (χ4n) is 1.87. The van der Waals surface area contributed by atoms with E-state index in [0.717, 1.165) is 19.6 Å². The molecule has 0 aromatic carbocycles. The molecule has 1 rings (SSSR count). The average Bonchev–Trinajstić information content (AvgIpc) is 2.18. The minimum atomic E-state index is -2.97. The molecule has 5 heteroatoms. The van der Waals surface area contributed by atoms with Crippen LogP contribution in [-0.4, -0.2) is 56.6 Å². The number of rotatable bonds is 5. The number of hydrogen-bond donors (Lipinski definition) is 0. The van der Waals surface area contributed by atoms with Crippen LogP contribution in [0.25, 0.3) is 0 Å². The van der Waals surface area contributed by atoms with Crippen molar-refractivity contribution in [3.8, 4) is 0 Å². The summed E-state index contributed by atoms with van der Waals surface area (Å²) < 4.78 is 24.1. The topological polar surface area (TPSA) is 40.6 Å². The van der Waals surface area contributed by atoms with Gasteiger partial charge in [0.2, 0.25) is 10.0 Å². The summed E-state index contributed by atoms with van der Waals surface area (Å²) in [5.74, 6) is 0. The van der Waals surface area contributed by atoms with Gasteiger partial charge in [-0.15, -0.1) is 0 Å². The largest absolute Gasteiger partial charge is 0.301 e. The van der Waals surface area contributed by atoms with Crippen molar-refractivity contribution < 1.29 is 8.42 Å². The minimum absolute atomic E-state index is 0.658. The van der Waals surface area contributed by atoms with E-state index >= 15 is 0 Å². The molecule has 1 heterocycles. The van der Waals surface area contributed by atoms with E-state index in [-0.39, 0.29) is 0 Å². The highest BCUT2D eigenvalue weighted by Gasteiger charge is 2.22. The van der Waals surface area contributed by atoms with Gasteiger partial charge in [0.1, 0.15) is 0 Å². The smallest absolute Gasteiger partial charge is 0.211 e. The molecule has 1 saturated heterocycles. The highest BCUT2D eigenvalue weighted by atomic mass is 32.2. The molecule has 1 aliphatic rings. The lowest BCUT2D eigenvalue weighted by atomic mass is 10.2. The molecule has 15 heavy (non-hydrogen) atoms. The maximum atomic E-state index is 11.3. The fourth-order valence-corrected chi connectivity index (χ4v) is 2.70. The van der Waals surface area contributed by atoms with Gasteiger partial charge in [0.05, 0.1) is 6.26 Å². The summed E-state index contributed by atoms with van der Waals surface area (Å²) >= 11 is 0. The molecule has 0 bridgehead atoms. The fraction of sp³-hybridized carbons (Fsp3) is 1.00. The third kappa shape index (κ3) is 4.49. The maximum Gasteiger partial charge on any atom is 0.211 e. The summed E-state index contributed by atoms with van der Waals surface area (Å²) in [6, 6.07) is 0. The molecule has 0 radical (unpaired) electrons. The highest BCUT2D eigenvalue weighted by Crippen LogP contribution is 2.07. The average molecular weight is 234 g/mol. The molecule has 0 spiro atoms. The Hall–Kier alpha value is -0.130. The Kier molecular flexibility index (Phi) is 5.02. The summed E-state index contributed by atoms with van der Waals surface area (Å²) in [5.41, 5.74) is 0. The van der Waals surface area contributed by atoms with Crippen molar-refractivity contribution >= 4 is 10.0 Å². The zero-order valence-electron chi connectivity index (χ0n) is 9.78. The number of hydrogen-bond acceptors (Lipinski definition) is 3. The molecule has 4 nitrogen and oxygen atoms in total. The van der Waals surface area contributed by atoms with Crippen molar-refractivity contribution in [3.63, 3.8) is 0 Å². The van der Waals surface area contributed by atoms with E-state index in [2.05, 4.69) is 11.8 Å². The van der Waals surface area contributed by atoms with Crippen molar-refractivity contribution in [2.45, 2.75) is 26.2 Å². The summed E-state index contributed by atoms with van der Waals surface area (Å²) in [7, 11) is -2.97. The van der Waals surface area contributed by atoms with Gasteiger partial charge in [-0.3, -0.25) is 0 Å². The molecule has 0 unspecified atom stereocenters. The molecule has 0 aromatic heterocycles. The van der Waals surface area contributed by atoms with Gasteiger partial charge in [0, 0.05) is 26.2 Å². The Morgan fingerprint density at radius 2 is 1.67 bits per heavy atom.